The van der Waals surface area contributed by atoms with E-state index in [1.54, 1.807) is 11.3 Å². The first-order valence-corrected chi connectivity index (χ1v) is 10.2. The Kier molecular flexibility index (Phi) is 5.02. The van der Waals surface area contributed by atoms with Gasteiger partial charge in [-0.25, -0.2) is 4.98 Å². The molecule has 0 saturated carbocycles. The van der Waals surface area contributed by atoms with Crippen molar-refractivity contribution in [1.82, 2.24) is 9.88 Å². The Labute approximate surface area is 158 Å². The van der Waals surface area contributed by atoms with Gasteiger partial charge in [0, 0.05) is 24.4 Å². The maximum absolute atomic E-state index is 12.6. The first-order valence-electron chi connectivity index (χ1n) is 9.40. The Morgan fingerprint density at radius 1 is 1.08 bits per heavy atom. The first kappa shape index (κ1) is 17.2. The third-order valence-electron chi connectivity index (χ3n) is 5.18. The van der Waals surface area contributed by atoms with E-state index in [9.17, 15) is 4.79 Å². The molecule has 1 fully saturated rings. The fourth-order valence-corrected chi connectivity index (χ4v) is 4.81. The fourth-order valence-electron chi connectivity index (χ4n) is 3.73. The molecule has 1 aromatic heterocycles. The Bertz CT molecular complexity index is 920. The monoisotopic (exact) mass is 364 g/mol. The molecule has 1 amide bonds. The zero-order valence-electron chi connectivity index (χ0n) is 15.2. The number of piperidine rings is 1. The second-order valence-electron chi connectivity index (χ2n) is 7.05. The quantitative estimate of drug-likeness (QED) is 0.669. The number of carbonyl (C=O) groups excluding carboxylic acids is 1. The van der Waals surface area contributed by atoms with Gasteiger partial charge in [-0.2, -0.15) is 0 Å². The van der Waals surface area contributed by atoms with Crippen LogP contribution in [-0.2, 0) is 17.6 Å². The summed E-state index contributed by atoms with van der Waals surface area (Å²) in [7, 11) is 0. The molecule has 0 unspecified atom stereocenters. The van der Waals surface area contributed by atoms with Crippen molar-refractivity contribution >= 4 is 28.0 Å². The molecule has 26 heavy (non-hydrogen) atoms. The van der Waals surface area contributed by atoms with Crippen molar-refractivity contribution in [2.24, 2.45) is 0 Å². The number of carbonyl (C=O) groups is 1. The highest BCUT2D eigenvalue weighted by Crippen LogP contribution is 2.26. The predicted octanol–water partition coefficient (Wildman–Crippen LogP) is 4.75. The minimum atomic E-state index is 0.258. The van der Waals surface area contributed by atoms with Gasteiger partial charge in [0.1, 0.15) is 0 Å². The minimum absolute atomic E-state index is 0.258. The van der Waals surface area contributed by atoms with Crippen LogP contribution in [0.25, 0.3) is 10.8 Å². The lowest BCUT2D eigenvalue weighted by molar-refractivity contribution is -0.131. The number of amides is 1. The van der Waals surface area contributed by atoms with Crippen LogP contribution in [0.15, 0.2) is 42.5 Å². The van der Waals surface area contributed by atoms with E-state index in [1.807, 2.05) is 11.8 Å². The Morgan fingerprint density at radius 2 is 1.85 bits per heavy atom. The number of aromatic nitrogens is 1. The van der Waals surface area contributed by atoms with Crippen LogP contribution in [-0.4, -0.2) is 28.9 Å². The van der Waals surface area contributed by atoms with Crippen molar-refractivity contribution in [3.8, 4) is 0 Å². The van der Waals surface area contributed by atoms with Gasteiger partial charge in [-0.05, 0) is 42.5 Å². The summed E-state index contributed by atoms with van der Waals surface area (Å²) < 4.78 is 0. The molecule has 1 aliphatic rings. The summed E-state index contributed by atoms with van der Waals surface area (Å²) >= 11 is 1.70. The molecule has 0 aliphatic carbocycles. The number of hydrogen-bond donors (Lipinski definition) is 0. The third-order valence-corrected chi connectivity index (χ3v) is 6.34. The molecule has 0 spiro atoms. The average Bonchev–Trinajstić information content (AvgIpc) is 3.01. The Balaban J connectivity index is 1.52. The normalized spacial score (nSPS) is 14.7. The smallest absolute Gasteiger partial charge is 0.227 e. The number of hydrogen-bond acceptors (Lipinski definition) is 3. The molecule has 134 valence electrons. The number of aryl methyl sites for hydroxylation is 1. The van der Waals surface area contributed by atoms with Gasteiger partial charge in [0.05, 0.1) is 17.1 Å². The van der Waals surface area contributed by atoms with E-state index in [1.165, 1.54) is 22.8 Å². The van der Waals surface area contributed by atoms with E-state index in [-0.39, 0.29) is 5.91 Å². The van der Waals surface area contributed by atoms with Crippen LogP contribution in [0, 0.1) is 6.92 Å². The molecule has 4 heteroatoms. The van der Waals surface area contributed by atoms with Crippen LogP contribution in [0.3, 0.4) is 0 Å². The average molecular weight is 365 g/mol. The topological polar surface area (TPSA) is 33.2 Å². The number of benzene rings is 2. The highest BCUT2D eigenvalue weighted by molar-refractivity contribution is 7.11. The summed E-state index contributed by atoms with van der Waals surface area (Å²) in [4.78, 5) is 20.5. The molecular weight excluding hydrogens is 340 g/mol. The molecule has 2 heterocycles. The number of fused-ring (bicyclic) bond motifs is 1. The lowest BCUT2D eigenvalue weighted by Crippen LogP contribution is -2.36. The molecule has 0 radical (unpaired) electrons. The Morgan fingerprint density at radius 3 is 2.69 bits per heavy atom. The van der Waals surface area contributed by atoms with Gasteiger partial charge in [-0.15, -0.1) is 11.3 Å². The highest BCUT2D eigenvalue weighted by Gasteiger charge is 2.19. The second-order valence-corrected chi connectivity index (χ2v) is 8.22. The van der Waals surface area contributed by atoms with Crippen LogP contribution in [0.2, 0.25) is 0 Å². The van der Waals surface area contributed by atoms with Gasteiger partial charge in [-0.1, -0.05) is 42.5 Å². The predicted molar refractivity (Wildman–Crippen MR) is 108 cm³/mol. The van der Waals surface area contributed by atoms with Crippen molar-refractivity contribution in [2.45, 2.75) is 39.0 Å². The van der Waals surface area contributed by atoms with Crippen LogP contribution >= 0.6 is 11.3 Å². The maximum Gasteiger partial charge on any atom is 0.227 e. The van der Waals surface area contributed by atoms with Gasteiger partial charge < -0.3 is 4.90 Å². The largest absolute Gasteiger partial charge is 0.342 e. The van der Waals surface area contributed by atoms with E-state index < -0.39 is 0 Å². The highest BCUT2D eigenvalue weighted by atomic mass is 32.1. The van der Waals surface area contributed by atoms with Gasteiger partial charge in [0.2, 0.25) is 5.91 Å². The lowest BCUT2D eigenvalue weighted by Gasteiger charge is -2.26. The number of thiazole rings is 1. The lowest BCUT2D eigenvalue weighted by atomic mass is 10.0. The molecule has 3 aromatic rings. The third kappa shape index (κ3) is 3.65. The van der Waals surface area contributed by atoms with Crippen LogP contribution in [0.5, 0.6) is 0 Å². The summed E-state index contributed by atoms with van der Waals surface area (Å²) in [5, 5.41) is 3.65. The van der Waals surface area contributed by atoms with Crippen molar-refractivity contribution in [2.75, 3.05) is 13.1 Å². The van der Waals surface area contributed by atoms with Gasteiger partial charge >= 0.3 is 0 Å². The fraction of sp³-hybridized carbons (Fsp3) is 0.364. The Hall–Kier alpha value is -2.20. The van der Waals surface area contributed by atoms with E-state index in [4.69, 9.17) is 4.98 Å². The standard InChI is InChI=1S/C22H24N2OS/c1-16-20(15-22(25)24-12-5-2-6-13-24)26-21(23-16)14-18-10-7-9-17-8-3-4-11-19(17)18/h3-4,7-11H,2,5-6,12-15H2,1H3. The maximum atomic E-state index is 12.6. The number of nitrogens with zero attached hydrogens (tertiary/aromatic N) is 2. The van der Waals surface area contributed by atoms with Crippen molar-refractivity contribution < 1.29 is 4.79 Å². The molecule has 0 bridgehead atoms. The van der Waals surface area contributed by atoms with Crippen molar-refractivity contribution in [3.63, 3.8) is 0 Å². The molecule has 3 nitrogen and oxygen atoms in total. The molecule has 1 aliphatic heterocycles. The van der Waals surface area contributed by atoms with E-state index >= 15 is 0 Å². The summed E-state index contributed by atoms with van der Waals surface area (Å²) in [5.41, 5.74) is 2.31. The molecule has 1 saturated heterocycles. The zero-order chi connectivity index (χ0) is 17.9. The second kappa shape index (κ2) is 7.58. The van der Waals surface area contributed by atoms with E-state index in [0.717, 1.165) is 47.9 Å². The van der Waals surface area contributed by atoms with E-state index in [0.29, 0.717) is 6.42 Å². The molecule has 0 N–H and O–H groups in total. The van der Waals surface area contributed by atoms with Crippen LogP contribution < -0.4 is 0 Å². The van der Waals surface area contributed by atoms with Crippen LogP contribution in [0.4, 0.5) is 0 Å². The SMILES string of the molecule is Cc1nc(Cc2cccc3ccccc23)sc1CC(=O)N1CCCCC1. The van der Waals surface area contributed by atoms with Crippen molar-refractivity contribution in [3.05, 3.63) is 63.6 Å². The van der Waals surface area contributed by atoms with Gasteiger partial charge in [0.15, 0.2) is 0 Å². The molecule has 0 atom stereocenters. The molecule has 2 aromatic carbocycles. The van der Waals surface area contributed by atoms with E-state index in [2.05, 4.69) is 42.5 Å². The molecule has 4 rings (SSSR count). The van der Waals surface area contributed by atoms with Crippen molar-refractivity contribution in [1.29, 1.82) is 0 Å². The first-order chi connectivity index (χ1) is 12.7. The zero-order valence-corrected chi connectivity index (χ0v) is 16.0. The summed E-state index contributed by atoms with van der Waals surface area (Å²) in [6, 6.07) is 14.9. The number of likely N-dealkylation sites (tertiary alicyclic amines) is 1. The summed E-state index contributed by atoms with van der Waals surface area (Å²) in [6.07, 6.45) is 4.85. The minimum Gasteiger partial charge on any atom is -0.342 e. The summed E-state index contributed by atoms with van der Waals surface area (Å²) in [6.45, 7) is 3.86. The molecular formula is C22H24N2OS. The van der Waals surface area contributed by atoms with Gasteiger partial charge in [-0.3, -0.25) is 4.79 Å². The number of rotatable bonds is 4. The van der Waals surface area contributed by atoms with Gasteiger partial charge in [0.25, 0.3) is 0 Å². The van der Waals surface area contributed by atoms with Crippen LogP contribution in [0.1, 0.15) is 40.4 Å². The summed E-state index contributed by atoms with van der Waals surface area (Å²) in [5.74, 6) is 0.258.